The van der Waals surface area contributed by atoms with Crippen molar-refractivity contribution in [3.8, 4) is 5.75 Å². The first kappa shape index (κ1) is 22.1. The van der Waals surface area contributed by atoms with Crippen LogP contribution in [0.2, 0.25) is 0 Å². The third kappa shape index (κ3) is 4.93. The number of alkyl halides is 3. The summed E-state index contributed by atoms with van der Waals surface area (Å²) in [6, 6.07) is 10.1. The second-order valence-electron chi connectivity index (χ2n) is 6.94. The molecule has 1 heterocycles. The van der Waals surface area contributed by atoms with Crippen LogP contribution in [0.1, 0.15) is 18.4 Å². The highest BCUT2D eigenvalue weighted by Gasteiger charge is 2.34. The minimum absolute atomic E-state index is 0.000824. The van der Waals surface area contributed by atoms with E-state index in [2.05, 4.69) is 5.32 Å². The lowest BCUT2D eigenvalue weighted by molar-refractivity contribution is -0.137. The third-order valence-corrected chi connectivity index (χ3v) is 6.81. The predicted molar refractivity (Wildman–Crippen MR) is 105 cm³/mol. The van der Waals surface area contributed by atoms with Gasteiger partial charge in [-0.15, -0.1) is 0 Å². The summed E-state index contributed by atoms with van der Waals surface area (Å²) in [6.45, 7) is 0.291. The number of methoxy groups -OCH3 is 1. The van der Waals surface area contributed by atoms with Crippen molar-refractivity contribution in [2.75, 3.05) is 25.5 Å². The Bertz CT molecular complexity index is 990. The van der Waals surface area contributed by atoms with Crippen molar-refractivity contribution in [1.82, 2.24) is 4.31 Å². The van der Waals surface area contributed by atoms with Gasteiger partial charge in [-0.05, 0) is 61.4 Å². The minimum atomic E-state index is -4.46. The van der Waals surface area contributed by atoms with Gasteiger partial charge in [-0.3, -0.25) is 4.79 Å². The average molecular weight is 442 g/mol. The van der Waals surface area contributed by atoms with Crippen molar-refractivity contribution in [2.24, 2.45) is 5.92 Å². The Kier molecular flexibility index (Phi) is 6.37. The van der Waals surface area contributed by atoms with Crippen molar-refractivity contribution >= 4 is 21.6 Å². The van der Waals surface area contributed by atoms with Gasteiger partial charge in [0, 0.05) is 18.8 Å². The van der Waals surface area contributed by atoms with Crippen LogP contribution >= 0.6 is 0 Å². The Labute approximate surface area is 172 Å². The zero-order valence-corrected chi connectivity index (χ0v) is 17.0. The monoisotopic (exact) mass is 442 g/mol. The number of ether oxygens (including phenoxy) is 1. The molecule has 0 radical (unpaired) electrons. The van der Waals surface area contributed by atoms with E-state index in [4.69, 9.17) is 4.74 Å². The number of nitrogens with one attached hydrogen (secondary N) is 1. The second kappa shape index (κ2) is 8.65. The van der Waals surface area contributed by atoms with E-state index in [0.717, 1.165) is 12.1 Å². The van der Waals surface area contributed by atoms with Gasteiger partial charge in [0.2, 0.25) is 15.9 Å². The molecule has 1 aliphatic rings. The molecule has 1 saturated heterocycles. The van der Waals surface area contributed by atoms with E-state index < -0.39 is 33.6 Å². The van der Waals surface area contributed by atoms with Gasteiger partial charge < -0.3 is 10.1 Å². The summed E-state index contributed by atoms with van der Waals surface area (Å²) in [4.78, 5) is 12.7. The normalized spacial score (nSPS) is 18.1. The molecule has 6 nitrogen and oxygen atoms in total. The van der Waals surface area contributed by atoms with Crippen molar-refractivity contribution in [3.63, 3.8) is 0 Å². The number of piperidine rings is 1. The largest absolute Gasteiger partial charge is 0.497 e. The van der Waals surface area contributed by atoms with Gasteiger partial charge in [0.05, 0.1) is 23.5 Å². The van der Waals surface area contributed by atoms with E-state index in [-0.39, 0.29) is 17.1 Å². The molecule has 30 heavy (non-hydrogen) atoms. The summed E-state index contributed by atoms with van der Waals surface area (Å²) in [5.74, 6) is -0.500. The molecule has 1 unspecified atom stereocenters. The quantitative estimate of drug-likeness (QED) is 0.765. The van der Waals surface area contributed by atoms with Gasteiger partial charge in [0.15, 0.2) is 0 Å². The smallest absolute Gasteiger partial charge is 0.416 e. The highest BCUT2D eigenvalue weighted by Crippen LogP contribution is 2.30. The van der Waals surface area contributed by atoms with Gasteiger partial charge in [-0.2, -0.15) is 17.5 Å². The number of carbonyl (C=O) groups is 1. The Morgan fingerprint density at radius 3 is 2.30 bits per heavy atom. The van der Waals surface area contributed by atoms with Crippen molar-refractivity contribution in [2.45, 2.75) is 23.9 Å². The summed E-state index contributed by atoms with van der Waals surface area (Å²) in [6.07, 6.45) is -3.47. The number of anilines is 1. The number of hydrogen-bond donors (Lipinski definition) is 1. The molecule has 0 saturated carbocycles. The first-order chi connectivity index (χ1) is 14.1. The lowest BCUT2D eigenvalue weighted by Gasteiger charge is -2.31. The molecule has 0 aromatic heterocycles. The fraction of sp³-hybridized carbons (Fsp3) is 0.350. The molecule has 1 aliphatic heterocycles. The van der Waals surface area contributed by atoms with Crippen LogP contribution in [0, 0.1) is 5.92 Å². The van der Waals surface area contributed by atoms with E-state index in [1.807, 2.05) is 0 Å². The summed E-state index contributed by atoms with van der Waals surface area (Å²) < 4.78 is 70.0. The number of hydrogen-bond acceptors (Lipinski definition) is 4. The van der Waals surface area contributed by atoms with E-state index in [1.165, 1.54) is 35.7 Å². The molecule has 0 spiro atoms. The molecule has 2 aromatic carbocycles. The lowest BCUT2D eigenvalue weighted by atomic mass is 9.98. The zero-order valence-electron chi connectivity index (χ0n) is 16.1. The number of sulfonamides is 1. The molecule has 10 heteroatoms. The fourth-order valence-electron chi connectivity index (χ4n) is 3.26. The molecule has 1 atom stereocenters. The number of benzene rings is 2. The number of carbonyl (C=O) groups excluding carboxylic acids is 1. The van der Waals surface area contributed by atoms with Crippen LogP contribution in [-0.4, -0.2) is 38.8 Å². The van der Waals surface area contributed by atoms with Gasteiger partial charge in [-0.25, -0.2) is 8.42 Å². The summed E-state index contributed by atoms with van der Waals surface area (Å²) in [7, 11) is -2.30. The first-order valence-corrected chi connectivity index (χ1v) is 10.7. The zero-order chi connectivity index (χ0) is 21.9. The highest BCUT2D eigenvalue weighted by molar-refractivity contribution is 7.89. The maximum Gasteiger partial charge on any atom is 0.416 e. The molecule has 0 bridgehead atoms. The lowest BCUT2D eigenvalue weighted by Crippen LogP contribution is -2.43. The van der Waals surface area contributed by atoms with Crippen LogP contribution in [0.3, 0.4) is 0 Å². The van der Waals surface area contributed by atoms with Crippen LogP contribution in [0.25, 0.3) is 0 Å². The number of amides is 1. The summed E-state index contributed by atoms with van der Waals surface area (Å²) in [5, 5.41) is 2.57. The van der Waals surface area contributed by atoms with Gasteiger partial charge in [0.25, 0.3) is 0 Å². The van der Waals surface area contributed by atoms with E-state index in [0.29, 0.717) is 25.1 Å². The second-order valence-corrected chi connectivity index (χ2v) is 8.88. The molecular formula is C20H21F3N2O4S. The van der Waals surface area contributed by atoms with Crippen molar-refractivity contribution < 1.29 is 31.1 Å². The van der Waals surface area contributed by atoms with E-state index in [9.17, 15) is 26.4 Å². The average Bonchev–Trinajstić information content (AvgIpc) is 2.73. The van der Waals surface area contributed by atoms with E-state index >= 15 is 0 Å². The van der Waals surface area contributed by atoms with Gasteiger partial charge in [0.1, 0.15) is 5.75 Å². The van der Waals surface area contributed by atoms with E-state index in [1.54, 1.807) is 12.1 Å². The van der Waals surface area contributed by atoms with Crippen LogP contribution in [0.4, 0.5) is 18.9 Å². The number of rotatable bonds is 5. The molecule has 1 N–H and O–H groups in total. The molecule has 1 amide bonds. The maximum absolute atomic E-state index is 12.9. The number of halogens is 3. The number of nitrogens with zero attached hydrogens (tertiary/aromatic N) is 1. The summed E-state index contributed by atoms with van der Waals surface area (Å²) >= 11 is 0. The molecule has 3 rings (SSSR count). The highest BCUT2D eigenvalue weighted by atomic mass is 32.2. The molecule has 162 valence electrons. The maximum atomic E-state index is 12.9. The van der Waals surface area contributed by atoms with Gasteiger partial charge in [-0.1, -0.05) is 0 Å². The molecular weight excluding hydrogens is 421 g/mol. The standard InChI is InChI=1S/C20H21F3N2O4S/c1-29-17-8-10-18(11-9-17)30(27,28)25-12-2-3-14(13-25)19(26)24-16-6-4-15(5-7-16)20(21,22)23/h4-11,14H,2-3,12-13H2,1H3,(H,24,26). The van der Waals surface area contributed by atoms with Crippen molar-refractivity contribution in [3.05, 3.63) is 54.1 Å². The molecule has 2 aromatic rings. The van der Waals surface area contributed by atoms with Gasteiger partial charge >= 0.3 is 6.18 Å². The Balaban J connectivity index is 1.68. The Hall–Kier alpha value is -2.59. The first-order valence-electron chi connectivity index (χ1n) is 9.23. The predicted octanol–water partition coefficient (Wildman–Crippen LogP) is 3.75. The van der Waals surface area contributed by atoms with Crippen LogP contribution in [-0.2, 0) is 21.0 Å². The fourth-order valence-corrected chi connectivity index (χ4v) is 4.78. The van der Waals surface area contributed by atoms with Crippen LogP contribution < -0.4 is 10.1 Å². The van der Waals surface area contributed by atoms with Crippen LogP contribution in [0.5, 0.6) is 5.75 Å². The topological polar surface area (TPSA) is 75.7 Å². The SMILES string of the molecule is COc1ccc(S(=O)(=O)N2CCCC(C(=O)Nc3ccc(C(F)(F)F)cc3)C2)cc1. The Morgan fingerprint density at radius 2 is 1.73 bits per heavy atom. The van der Waals surface area contributed by atoms with Crippen molar-refractivity contribution in [1.29, 1.82) is 0 Å². The minimum Gasteiger partial charge on any atom is -0.497 e. The third-order valence-electron chi connectivity index (χ3n) is 4.93. The van der Waals surface area contributed by atoms with Crippen LogP contribution in [0.15, 0.2) is 53.4 Å². The Morgan fingerprint density at radius 1 is 1.10 bits per heavy atom. The molecule has 0 aliphatic carbocycles. The molecule has 1 fully saturated rings. The summed E-state index contributed by atoms with van der Waals surface area (Å²) in [5.41, 5.74) is -0.585.